The van der Waals surface area contributed by atoms with Crippen LogP contribution in [0, 0.1) is 17.3 Å². The molecule has 4 fully saturated rings. The van der Waals surface area contributed by atoms with Gasteiger partial charge in [0.15, 0.2) is 5.15 Å². The molecular formula is C17H22ClN3O2. The Hall–Kier alpha value is -1.36. The molecule has 5 nitrogen and oxygen atoms in total. The van der Waals surface area contributed by atoms with E-state index in [4.69, 9.17) is 16.3 Å². The van der Waals surface area contributed by atoms with E-state index in [1.54, 1.807) is 6.07 Å². The molecule has 2 unspecified atom stereocenters. The van der Waals surface area contributed by atoms with Gasteiger partial charge in [-0.05, 0) is 69.4 Å². The van der Waals surface area contributed by atoms with Gasteiger partial charge in [0.25, 0.3) is 0 Å². The molecule has 4 saturated carbocycles. The summed E-state index contributed by atoms with van der Waals surface area (Å²) in [5.74, 6) is 1.96. The van der Waals surface area contributed by atoms with E-state index in [9.17, 15) is 4.79 Å². The molecule has 0 spiro atoms. The predicted molar refractivity (Wildman–Crippen MR) is 87.1 cm³/mol. The highest BCUT2D eigenvalue weighted by molar-refractivity contribution is 6.29. The number of carbonyl (C=O) groups excluding carboxylic acids is 1. The Morgan fingerprint density at radius 1 is 1.30 bits per heavy atom. The Labute approximate surface area is 141 Å². The summed E-state index contributed by atoms with van der Waals surface area (Å²) in [6, 6.07) is 3.61. The smallest absolute Gasteiger partial charge is 0.312 e. The fourth-order valence-corrected chi connectivity index (χ4v) is 5.69. The third-order valence-electron chi connectivity index (χ3n) is 5.79. The van der Waals surface area contributed by atoms with Crippen LogP contribution in [0.1, 0.15) is 45.4 Å². The molecule has 4 aliphatic carbocycles. The van der Waals surface area contributed by atoms with Gasteiger partial charge < -0.3 is 10.1 Å². The lowest BCUT2D eigenvalue weighted by atomic mass is 9.47. The van der Waals surface area contributed by atoms with Crippen molar-refractivity contribution < 1.29 is 9.53 Å². The Morgan fingerprint density at radius 2 is 2.04 bits per heavy atom. The first-order valence-corrected chi connectivity index (χ1v) is 8.85. The summed E-state index contributed by atoms with van der Waals surface area (Å²) in [5, 5.41) is 12.1. The minimum atomic E-state index is -0.299. The zero-order chi connectivity index (χ0) is 16.1. The number of ether oxygens (including phenoxy) is 1. The van der Waals surface area contributed by atoms with Crippen molar-refractivity contribution in [2.45, 2.75) is 51.0 Å². The molecule has 1 aromatic rings. The minimum Gasteiger partial charge on any atom is -0.466 e. The summed E-state index contributed by atoms with van der Waals surface area (Å²) in [4.78, 5) is 12.6. The SMILES string of the molecule is CCOC(=O)C12CC3CC(CC(Nc4ccc(Cl)nn4)(C3)C1)C2. The van der Waals surface area contributed by atoms with Crippen molar-refractivity contribution in [2.24, 2.45) is 17.3 Å². The van der Waals surface area contributed by atoms with E-state index >= 15 is 0 Å². The molecular weight excluding hydrogens is 314 g/mol. The fraction of sp³-hybridized carbons (Fsp3) is 0.706. The quantitative estimate of drug-likeness (QED) is 0.854. The maximum Gasteiger partial charge on any atom is 0.312 e. The third kappa shape index (κ3) is 2.59. The molecule has 2 atom stereocenters. The molecule has 23 heavy (non-hydrogen) atoms. The Kier molecular flexibility index (Phi) is 3.52. The van der Waals surface area contributed by atoms with Crippen molar-refractivity contribution in [3.05, 3.63) is 17.3 Å². The van der Waals surface area contributed by atoms with Crippen LogP contribution in [-0.2, 0) is 9.53 Å². The number of nitrogens with zero attached hydrogens (tertiary/aromatic N) is 2. The van der Waals surface area contributed by atoms with Gasteiger partial charge in [-0.25, -0.2) is 0 Å². The van der Waals surface area contributed by atoms with Crippen LogP contribution in [0.5, 0.6) is 0 Å². The van der Waals surface area contributed by atoms with Gasteiger partial charge in [0, 0.05) is 5.54 Å². The van der Waals surface area contributed by atoms with Gasteiger partial charge in [-0.3, -0.25) is 4.79 Å². The van der Waals surface area contributed by atoms with Crippen molar-refractivity contribution >= 4 is 23.4 Å². The normalized spacial score (nSPS) is 37.7. The van der Waals surface area contributed by atoms with Crippen LogP contribution in [0.15, 0.2) is 12.1 Å². The molecule has 1 aromatic heterocycles. The standard InChI is InChI=1S/C17H22ClN3O2/c1-2-23-15(22)16-6-11-5-12(7-16)9-17(8-11,10-16)19-14-4-3-13(18)20-21-14/h3-4,11-12H,2,5-10H2,1H3,(H,19,21). The number of aromatic nitrogens is 2. The lowest BCUT2D eigenvalue weighted by Gasteiger charge is -2.61. The molecule has 0 saturated heterocycles. The zero-order valence-corrected chi connectivity index (χ0v) is 14.1. The summed E-state index contributed by atoms with van der Waals surface area (Å²) in [7, 11) is 0. The van der Waals surface area contributed by atoms with Crippen LogP contribution in [0.2, 0.25) is 5.15 Å². The molecule has 0 aliphatic heterocycles. The summed E-state index contributed by atoms with van der Waals surface area (Å²) >= 11 is 5.82. The van der Waals surface area contributed by atoms with E-state index < -0.39 is 0 Å². The molecule has 4 bridgehead atoms. The van der Waals surface area contributed by atoms with Crippen LogP contribution in [-0.4, -0.2) is 28.3 Å². The molecule has 124 valence electrons. The van der Waals surface area contributed by atoms with Crippen molar-refractivity contribution in [2.75, 3.05) is 11.9 Å². The van der Waals surface area contributed by atoms with Crippen molar-refractivity contribution in [1.82, 2.24) is 10.2 Å². The number of carbonyl (C=O) groups is 1. The highest BCUT2D eigenvalue weighted by Crippen LogP contribution is 2.62. The number of anilines is 1. The Bertz CT molecular complexity index is 605. The van der Waals surface area contributed by atoms with Crippen LogP contribution >= 0.6 is 11.6 Å². The first kappa shape index (κ1) is 15.2. The van der Waals surface area contributed by atoms with Gasteiger partial charge in [0.2, 0.25) is 0 Å². The monoisotopic (exact) mass is 335 g/mol. The molecule has 0 aromatic carbocycles. The molecule has 5 rings (SSSR count). The van der Waals surface area contributed by atoms with E-state index in [1.165, 1.54) is 6.42 Å². The summed E-state index contributed by atoms with van der Waals surface area (Å²) < 4.78 is 5.43. The van der Waals surface area contributed by atoms with E-state index in [0.29, 0.717) is 23.6 Å². The second-order valence-corrected chi connectivity index (χ2v) is 8.00. The predicted octanol–water partition coefficient (Wildman–Crippen LogP) is 3.44. The van der Waals surface area contributed by atoms with Crippen molar-refractivity contribution in [3.8, 4) is 0 Å². The van der Waals surface area contributed by atoms with Gasteiger partial charge >= 0.3 is 5.97 Å². The van der Waals surface area contributed by atoms with Crippen molar-refractivity contribution in [1.29, 1.82) is 0 Å². The van der Waals surface area contributed by atoms with E-state index in [-0.39, 0.29) is 16.9 Å². The van der Waals surface area contributed by atoms with Crippen LogP contribution < -0.4 is 5.32 Å². The number of rotatable bonds is 4. The highest BCUT2D eigenvalue weighted by Gasteiger charge is 2.61. The van der Waals surface area contributed by atoms with Crippen LogP contribution in [0.4, 0.5) is 5.82 Å². The van der Waals surface area contributed by atoms with Crippen LogP contribution in [0.3, 0.4) is 0 Å². The molecule has 1 N–H and O–H groups in total. The summed E-state index contributed by atoms with van der Waals surface area (Å²) in [6.07, 6.45) is 6.27. The fourth-order valence-electron chi connectivity index (χ4n) is 5.59. The average Bonchev–Trinajstić information content (AvgIpc) is 2.48. The molecule has 4 aliphatic rings. The lowest BCUT2D eigenvalue weighted by molar-refractivity contribution is -0.171. The Balaban J connectivity index is 1.61. The molecule has 0 radical (unpaired) electrons. The molecule has 1 heterocycles. The maximum atomic E-state index is 12.6. The van der Waals surface area contributed by atoms with E-state index in [0.717, 1.165) is 37.9 Å². The number of hydrogen-bond acceptors (Lipinski definition) is 5. The first-order chi connectivity index (χ1) is 11.0. The summed E-state index contributed by atoms with van der Waals surface area (Å²) in [6.45, 7) is 2.34. The Morgan fingerprint density at radius 3 is 2.65 bits per heavy atom. The van der Waals surface area contributed by atoms with Gasteiger partial charge in [0.1, 0.15) is 5.82 Å². The number of halogens is 1. The van der Waals surface area contributed by atoms with E-state index in [2.05, 4.69) is 15.5 Å². The largest absolute Gasteiger partial charge is 0.466 e. The minimum absolute atomic E-state index is 0.00228. The summed E-state index contributed by atoms with van der Waals surface area (Å²) in [5.41, 5.74) is -0.355. The third-order valence-corrected chi connectivity index (χ3v) is 6.00. The second kappa shape index (κ2) is 5.33. The first-order valence-electron chi connectivity index (χ1n) is 8.47. The van der Waals surface area contributed by atoms with Crippen molar-refractivity contribution in [3.63, 3.8) is 0 Å². The van der Waals surface area contributed by atoms with Crippen LogP contribution in [0.25, 0.3) is 0 Å². The number of nitrogens with one attached hydrogen (secondary N) is 1. The lowest BCUT2D eigenvalue weighted by Crippen LogP contribution is -2.61. The topological polar surface area (TPSA) is 64.1 Å². The molecule has 6 heteroatoms. The van der Waals surface area contributed by atoms with Gasteiger partial charge in [-0.15, -0.1) is 10.2 Å². The molecule has 0 amide bonds. The van der Waals surface area contributed by atoms with Gasteiger partial charge in [-0.2, -0.15) is 0 Å². The number of hydrogen-bond donors (Lipinski definition) is 1. The second-order valence-electron chi connectivity index (χ2n) is 7.61. The average molecular weight is 336 g/mol. The highest BCUT2D eigenvalue weighted by atomic mass is 35.5. The van der Waals surface area contributed by atoms with Gasteiger partial charge in [0.05, 0.1) is 12.0 Å². The zero-order valence-electron chi connectivity index (χ0n) is 13.3. The maximum absolute atomic E-state index is 12.6. The van der Waals surface area contributed by atoms with E-state index in [1.807, 2.05) is 13.0 Å². The van der Waals surface area contributed by atoms with Gasteiger partial charge in [-0.1, -0.05) is 11.6 Å². The number of esters is 1.